The number of hydrogen-bond donors (Lipinski definition) is 1. The van der Waals surface area contributed by atoms with Crippen molar-refractivity contribution in [2.75, 3.05) is 16.8 Å². The molecule has 4 heteroatoms. The van der Waals surface area contributed by atoms with Gasteiger partial charge >= 0.3 is 0 Å². The van der Waals surface area contributed by atoms with Crippen molar-refractivity contribution < 1.29 is 9.18 Å². The van der Waals surface area contributed by atoms with Crippen molar-refractivity contribution in [2.45, 2.75) is 26.3 Å². The monoisotopic (exact) mass is 222 g/mol. The maximum Gasteiger partial charge on any atom is 0.249 e. The fraction of sp³-hybridized carbons (Fsp3) is 0.417. The largest absolute Gasteiger partial charge is 0.372 e. The van der Waals surface area contributed by atoms with E-state index in [2.05, 4.69) is 5.32 Å². The molecule has 0 bridgehead atoms. The highest BCUT2D eigenvalue weighted by atomic mass is 19.1. The fourth-order valence-electron chi connectivity index (χ4n) is 2.01. The number of fused-ring (bicyclic) bond motifs is 1. The molecule has 3 nitrogen and oxygen atoms in total. The predicted octanol–water partition coefficient (Wildman–Crippen LogP) is 2.38. The molecule has 1 aliphatic heterocycles. The number of amides is 1. The number of carbonyl (C=O) groups excluding carboxylic acids is 1. The number of halogens is 1. The lowest BCUT2D eigenvalue weighted by Gasteiger charge is -2.34. The van der Waals surface area contributed by atoms with Gasteiger partial charge in [0, 0.05) is 6.54 Å². The van der Waals surface area contributed by atoms with Crippen molar-refractivity contribution in [3.63, 3.8) is 0 Å². The molecule has 0 radical (unpaired) electrons. The van der Waals surface area contributed by atoms with E-state index in [1.807, 2.05) is 13.8 Å². The highest BCUT2D eigenvalue weighted by Gasteiger charge is 2.30. The maximum absolute atomic E-state index is 13.1. The lowest BCUT2D eigenvalue weighted by Crippen LogP contribution is -2.46. The minimum Gasteiger partial charge on any atom is -0.372 e. The summed E-state index contributed by atoms with van der Waals surface area (Å²) in [6, 6.07) is 4.29. The number of nitrogens with one attached hydrogen (secondary N) is 1. The predicted molar refractivity (Wildman–Crippen MR) is 62.1 cm³/mol. The van der Waals surface area contributed by atoms with Gasteiger partial charge in [-0.15, -0.1) is 0 Å². The number of likely N-dealkylation sites (N-methyl/N-ethyl adjacent to an activating group) is 1. The van der Waals surface area contributed by atoms with Crippen LogP contribution >= 0.6 is 0 Å². The van der Waals surface area contributed by atoms with Gasteiger partial charge < -0.3 is 10.2 Å². The summed E-state index contributed by atoms with van der Waals surface area (Å²) in [6.07, 6.45) is 0.728. The first kappa shape index (κ1) is 10.9. The third kappa shape index (κ3) is 1.64. The molecule has 1 aromatic rings. The van der Waals surface area contributed by atoms with Gasteiger partial charge in [-0.2, -0.15) is 0 Å². The van der Waals surface area contributed by atoms with E-state index in [4.69, 9.17) is 0 Å². The Morgan fingerprint density at radius 3 is 2.81 bits per heavy atom. The molecule has 1 atom stereocenters. The topological polar surface area (TPSA) is 32.3 Å². The molecule has 0 fully saturated rings. The van der Waals surface area contributed by atoms with Crippen LogP contribution in [0.1, 0.15) is 20.3 Å². The SMILES string of the molecule is CCC1Nc2ccc(F)cc2N(CC)C1=O. The number of anilines is 2. The molecule has 0 aromatic heterocycles. The summed E-state index contributed by atoms with van der Waals surface area (Å²) < 4.78 is 13.1. The number of carbonyl (C=O) groups is 1. The zero-order valence-electron chi connectivity index (χ0n) is 9.46. The molecule has 1 aliphatic rings. The smallest absolute Gasteiger partial charge is 0.249 e. The van der Waals surface area contributed by atoms with Gasteiger partial charge in [0.1, 0.15) is 11.9 Å². The van der Waals surface area contributed by atoms with E-state index in [0.29, 0.717) is 12.2 Å². The van der Waals surface area contributed by atoms with Crippen molar-refractivity contribution in [1.29, 1.82) is 0 Å². The lowest BCUT2D eigenvalue weighted by atomic mass is 10.1. The van der Waals surface area contributed by atoms with Crippen molar-refractivity contribution in [3.8, 4) is 0 Å². The summed E-state index contributed by atoms with van der Waals surface area (Å²) >= 11 is 0. The second-order valence-electron chi connectivity index (χ2n) is 3.85. The van der Waals surface area contributed by atoms with Crippen molar-refractivity contribution in [1.82, 2.24) is 0 Å². The lowest BCUT2D eigenvalue weighted by molar-refractivity contribution is -0.119. The van der Waals surface area contributed by atoms with Gasteiger partial charge in [0.05, 0.1) is 11.4 Å². The molecule has 1 N–H and O–H groups in total. The molecule has 0 spiro atoms. The summed E-state index contributed by atoms with van der Waals surface area (Å²) in [5.41, 5.74) is 1.46. The van der Waals surface area contributed by atoms with Crippen LogP contribution in [-0.2, 0) is 4.79 Å². The van der Waals surface area contributed by atoms with Crippen molar-refractivity contribution >= 4 is 17.3 Å². The Balaban J connectivity index is 2.47. The molecule has 16 heavy (non-hydrogen) atoms. The van der Waals surface area contributed by atoms with Crippen LogP contribution in [0.2, 0.25) is 0 Å². The molecule has 0 saturated carbocycles. The zero-order valence-corrected chi connectivity index (χ0v) is 9.46. The molecule has 2 rings (SSSR count). The van der Waals surface area contributed by atoms with Crippen LogP contribution in [0.3, 0.4) is 0 Å². The number of benzene rings is 1. The van der Waals surface area contributed by atoms with Crippen LogP contribution in [0, 0.1) is 5.82 Å². The normalized spacial score (nSPS) is 19.3. The standard InChI is InChI=1S/C12H15FN2O/c1-3-9-12(16)15(4-2)11-7-8(13)5-6-10(11)14-9/h5-7,9,14H,3-4H2,1-2H3. The Hall–Kier alpha value is -1.58. The number of rotatable bonds is 2. The molecular formula is C12H15FN2O. The van der Waals surface area contributed by atoms with Gasteiger partial charge in [0.2, 0.25) is 5.91 Å². The average Bonchev–Trinajstić information content (AvgIpc) is 2.28. The van der Waals surface area contributed by atoms with E-state index in [-0.39, 0.29) is 17.8 Å². The van der Waals surface area contributed by atoms with Gasteiger partial charge in [-0.05, 0) is 31.5 Å². The highest BCUT2D eigenvalue weighted by molar-refractivity contribution is 6.04. The van der Waals surface area contributed by atoms with Crippen molar-refractivity contribution in [3.05, 3.63) is 24.0 Å². The molecule has 1 amide bonds. The first-order chi connectivity index (χ1) is 7.67. The first-order valence-corrected chi connectivity index (χ1v) is 5.54. The maximum atomic E-state index is 13.1. The molecule has 86 valence electrons. The van der Waals surface area contributed by atoms with Crippen LogP contribution in [0.25, 0.3) is 0 Å². The third-order valence-electron chi connectivity index (χ3n) is 2.87. The van der Waals surface area contributed by atoms with Gasteiger partial charge in [-0.1, -0.05) is 6.92 Å². The first-order valence-electron chi connectivity index (χ1n) is 5.54. The second-order valence-corrected chi connectivity index (χ2v) is 3.85. The molecule has 1 aromatic carbocycles. The summed E-state index contributed by atoms with van der Waals surface area (Å²) in [5, 5.41) is 3.13. The van der Waals surface area contributed by atoms with Crippen LogP contribution in [0.15, 0.2) is 18.2 Å². The van der Waals surface area contributed by atoms with Crippen LogP contribution in [-0.4, -0.2) is 18.5 Å². The number of hydrogen-bond acceptors (Lipinski definition) is 2. The molecular weight excluding hydrogens is 207 g/mol. The molecule has 1 heterocycles. The second kappa shape index (κ2) is 4.12. The molecule has 1 unspecified atom stereocenters. The quantitative estimate of drug-likeness (QED) is 0.833. The van der Waals surface area contributed by atoms with Gasteiger partial charge in [0.25, 0.3) is 0 Å². The van der Waals surface area contributed by atoms with E-state index in [0.717, 1.165) is 12.1 Å². The van der Waals surface area contributed by atoms with Crippen molar-refractivity contribution in [2.24, 2.45) is 0 Å². The molecule has 0 aliphatic carbocycles. The minimum atomic E-state index is -0.318. The summed E-state index contributed by atoms with van der Waals surface area (Å²) in [7, 11) is 0. The van der Waals surface area contributed by atoms with Gasteiger partial charge in [0.15, 0.2) is 0 Å². The Morgan fingerprint density at radius 2 is 2.19 bits per heavy atom. The number of nitrogens with zero attached hydrogens (tertiary/aromatic N) is 1. The molecule has 0 saturated heterocycles. The Morgan fingerprint density at radius 1 is 1.44 bits per heavy atom. The Bertz CT molecular complexity index is 419. The summed E-state index contributed by atoms with van der Waals surface area (Å²) in [5.74, 6) is -0.301. The van der Waals surface area contributed by atoms with Gasteiger partial charge in [-0.25, -0.2) is 4.39 Å². The van der Waals surface area contributed by atoms with E-state index < -0.39 is 0 Å². The van der Waals surface area contributed by atoms with E-state index in [9.17, 15) is 9.18 Å². The zero-order chi connectivity index (χ0) is 11.7. The van der Waals surface area contributed by atoms with Crippen LogP contribution in [0.5, 0.6) is 0 Å². The van der Waals surface area contributed by atoms with E-state index in [1.165, 1.54) is 12.1 Å². The van der Waals surface area contributed by atoms with E-state index in [1.54, 1.807) is 11.0 Å². The highest BCUT2D eigenvalue weighted by Crippen LogP contribution is 2.32. The fourth-order valence-corrected chi connectivity index (χ4v) is 2.01. The average molecular weight is 222 g/mol. The summed E-state index contributed by atoms with van der Waals surface area (Å²) in [6.45, 7) is 4.41. The minimum absolute atomic E-state index is 0.0168. The van der Waals surface area contributed by atoms with Gasteiger partial charge in [-0.3, -0.25) is 4.79 Å². The Labute approximate surface area is 94.3 Å². The Kier molecular flexibility index (Phi) is 2.81. The summed E-state index contributed by atoms with van der Waals surface area (Å²) in [4.78, 5) is 13.6. The third-order valence-corrected chi connectivity index (χ3v) is 2.87. The van der Waals surface area contributed by atoms with E-state index >= 15 is 0 Å². The van der Waals surface area contributed by atoms with Crippen LogP contribution in [0.4, 0.5) is 15.8 Å². The van der Waals surface area contributed by atoms with Crippen LogP contribution < -0.4 is 10.2 Å².